The fraction of sp³-hybridized carbons (Fsp3) is 0.375. The maximum absolute atomic E-state index is 5.91. The number of anilines is 3. The highest BCUT2D eigenvalue weighted by molar-refractivity contribution is 5.60. The van der Waals surface area contributed by atoms with E-state index >= 15 is 0 Å². The van der Waals surface area contributed by atoms with Crippen molar-refractivity contribution in [1.29, 1.82) is 0 Å². The van der Waals surface area contributed by atoms with E-state index in [1.54, 1.807) is 0 Å². The first-order chi connectivity index (χ1) is 15.5. The Hall–Kier alpha value is -3.55. The number of hydrogen-bond acceptors (Lipinski definition) is 7. The summed E-state index contributed by atoms with van der Waals surface area (Å²) in [6.45, 7) is 5.26. The summed E-state index contributed by atoms with van der Waals surface area (Å²) in [6.07, 6.45) is 8.38. The molecule has 0 aliphatic carbocycles. The predicted octanol–water partition coefficient (Wildman–Crippen LogP) is 2.42. The first kappa shape index (κ1) is 20.4. The molecule has 1 saturated heterocycles. The van der Waals surface area contributed by atoms with Crippen LogP contribution in [0.25, 0.3) is 5.82 Å². The second-order valence-corrected chi connectivity index (χ2v) is 8.77. The topological polar surface area (TPSA) is 79.3 Å². The summed E-state index contributed by atoms with van der Waals surface area (Å²) in [4.78, 5) is 15.6. The normalized spacial score (nSPS) is 17.7. The van der Waals surface area contributed by atoms with Crippen LogP contribution in [0.3, 0.4) is 0 Å². The molecule has 8 nitrogen and oxygen atoms in total. The van der Waals surface area contributed by atoms with Crippen LogP contribution in [0, 0.1) is 6.92 Å². The lowest BCUT2D eigenvalue weighted by Crippen LogP contribution is -2.49. The third-order valence-corrected chi connectivity index (χ3v) is 6.43. The van der Waals surface area contributed by atoms with E-state index < -0.39 is 0 Å². The van der Waals surface area contributed by atoms with Gasteiger partial charge in [-0.1, -0.05) is 24.3 Å². The number of allylic oxidation sites excluding steroid dienone is 1. The van der Waals surface area contributed by atoms with Crippen LogP contribution in [0.5, 0.6) is 0 Å². The summed E-state index contributed by atoms with van der Waals surface area (Å²) in [5, 5.41) is 4.56. The zero-order chi connectivity index (χ0) is 22.2. The molecule has 1 fully saturated rings. The SMILES string of the molecule is Cc1c(CC=CN2CCN3c4ccccc4CC3C2)cnn1-c1cc(N(C)C)nc(N)n1. The fourth-order valence-electron chi connectivity index (χ4n) is 4.71. The van der Waals surface area contributed by atoms with Crippen molar-refractivity contribution in [2.75, 3.05) is 49.3 Å². The van der Waals surface area contributed by atoms with Gasteiger partial charge in [-0.3, -0.25) is 0 Å². The molecule has 0 spiro atoms. The summed E-state index contributed by atoms with van der Waals surface area (Å²) >= 11 is 0. The van der Waals surface area contributed by atoms with Crippen LogP contribution < -0.4 is 15.5 Å². The maximum atomic E-state index is 5.91. The second-order valence-electron chi connectivity index (χ2n) is 8.77. The zero-order valence-corrected chi connectivity index (χ0v) is 18.9. The van der Waals surface area contributed by atoms with Crippen molar-refractivity contribution in [3.8, 4) is 5.82 Å². The molecule has 32 heavy (non-hydrogen) atoms. The minimum absolute atomic E-state index is 0.246. The molecule has 2 N–H and O–H groups in total. The molecule has 1 aromatic carbocycles. The standard InChI is InChI=1S/C24H30N8/c1-17-19(15-26-32(17)23-14-22(29(2)3)27-24(25)28-23)8-6-10-30-11-12-31-20(16-30)13-18-7-4-5-9-21(18)31/h4-7,9-10,14-15,20H,8,11-13,16H2,1-3H3,(H2,25,27,28). The molecule has 0 amide bonds. The Morgan fingerprint density at radius 3 is 2.88 bits per heavy atom. The summed E-state index contributed by atoms with van der Waals surface area (Å²) in [5.74, 6) is 1.69. The Labute approximate surface area is 189 Å². The minimum Gasteiger partial charge on any atom is -0.374 e. The van der Waals surface area contributed by atoms with Gasteiger partial charge in [-0.05, 0) is 43.2 Å². The van der Waals surface area contributed by atoms with Gasteiger partial charge in [0, 0.05) is 51.2 Å². The maximum Gasteiger partial charge on any atom is 0.224 e. The van der Waals surface area contributed by atoms with E-state index in [9.17, 15) is 0 Å². The first-order valence-electron chi connectivity index (χ1n) is 11.1. The molecule has 8 heteroatoms. The Balaban J connectivity index is 1.25. The average Bonchev–Trinajstić information content (AvgIpc) is 3.33. The number of nitrogens with zero attached hydrogens (tertiary/aromatic N) is 7. The van der Waals surface area contributed by atoms with E-state index in [1.807, 2.05) is 35.9 Å². The van der Waals surface area contributed by atoms with Gasteiger partial charge in [0.2, 0.25) is 5.95 Å². The molecule has 166 valence electrons. The number of fused-ring (bicyclic) bond motifs is 3. The van der Waals surface area contributed by atoms with Gasteiger partial charge in [-0.25, -0.2) is 4.68 Å². The van der Waals surface area contributed by atoms with Gasteiger partial charge in [0.25, 0.3) is 0 Å². The number of rotatable bonds is 5. The molecule has 4 heterocycles. The van der Waals surface area contributed by atoms with Gasteiger partial charge >= 0.3 is 0 Å². The number of piperazine rings is 1. The molecule has 5 rings (SSSR count). The molecule has 0 bridgehead atoms. The lowest BCUT2D eigenvalue weighted by molar-refractivity contribution is 0.303. The fourth-order valence-corrected chi connectivity index (χ4v) is 4.71. The van der Waals surface area contributed by atoms with Crippen LogP contribution in [0.15, 0.2) is 48.8 Å². The number of hydrogen-bond donors (Lipinski definition) is 1. The minimum atomic E-state index is 0.246. The Morgan fingerprint density at radius 2 is 2.03 bits per heavy atom. The Kier molecular flexibility index (Phi) is 5.20. The molecule has 1 unspecified atom stereocenters. The number of benzene rings is 1. The van der Waals surface area contributed by atoms with Crippen LogP contribution in [0.1, 0.15) is 16.8 Å². The lowest BCUT2D eigenvalue weighted by Gasteiger charge is -2.38. The molecule has 0 radical (unpaired) electrons. The molecule has 2 aliphatic rings. The van der Waals surface area contributed by atoms with E-state index in [4.69, 9.17) is 5.73 Å². The molecule has 2 aromatic heterocycles. The van der Waals surface area contributed by atoms with E-state index in [1.165, 1.54) is 16.8 Å². The second kappa shape index (κ2) is 8.18. The van der Waals surface area contributed by atoms with Crippen LogP contribution in [0.4, 0.5) is 17.5 Å². The third-order valence-electron chi connectivity index (χ3n) is 6.43. The number of nitrogens with two attached hydrogens (primary N) is 1. The van der Waals surface area contributed by atoms with E-state index in [2.05, 4.69) is 68.3 Å². The smallest absolute Gasteiger partial charge is 0.224 e. The van der Waals surface area contributed by atoms with Crippen molar-refractivity contribution in [2.45, 2.75) is 25.8 Å². The lowest BCUT2D eigenvalue weighted by atomic mass is 10.1. The van der Waals surface area contributed by atoms with Crippen molar-refractivity contribution in [3.63, 3.8) is 0 Å². The molecular formula is C24H30N8. The predicted molar refractivity (Wildman–Crippen MR) is 128 cm³/mol. The quantitative estimate of drug-likeness (QED) is 0.666. The highest BCUT2D eigenvalue weighted by Crippen LogP contribution is 2.33. The van der Waals surface area contributed by atoms with Crippen molar-refractivity contribution >= 4 is 17.5 Å². The molecular weight excluding hydrogens is 400 g/mol. The molecule has 2 aliphatic heterocycles. The summed E-state index contributed by atoms with van der Waals surface area (Å²) in [6, 6.07) is 11.3. The first-order valence-corrected chi connectivity index (χ1v) is 11.1. The average molecular weight is 431 g/mol. The van der Waals surface area contributed by atoms with Gasteiger partial charge in [-0.2, -0.15) is 15.1 Å². The summed E-state index contributed by atoms with van der Waals surface area (Å²) < 4.78 is 1.84. The van der Waals surface area contributed by atoms with Gasteiger partial charge in [0.1, 0.15) is 5.82 Å². The highest BCUT2D eigenvalue weighted by Gasteiger charge is 2.32. The van der Waals surface area contributed by atoms with Crippen molar-refractivity contribution in [1.82, 2.24) is 24.6 Å². The van der Waals surface area contributed by atoms with E-state index in [0.717, 1.165) is 44.0 Å². The van der Waals surface area contributed by atoms with E-state index in [-0.39, 0.29) is 5.95 Å². The zero-order valence-electron chi connectivity index (χ0n) is 18.9. The monoisotopic (exact) mass is 430 g/mol. The van der Waals surface area contributed by atoms with Gasteiger partial charge in [0.05, 0.1) is 12.2 Å². The molecule has 0 saturated carbocycles. The molecule has 1 atom stereocenters. The van der Waals surface area contributed by atoms with E-state index in [0.29, 0.717) is 11.9 Å². The van der Waals surface area contributed by atoms with Crippen LogP contribution in [-0.2, 0) is 12.8 Å². The Bertz CT molecular complexity index is 1150. The number of aromatic nitrogens is 4. The molecule has 3 aromatic rings. The van der Waals surface area contributed by atoms with Gasteiger partial charge in [0.15, 0.2) is 5.82 Å². The highest BCUT2D eigenvalue weighted by atomic mass is 15.3. The summed E-state index contributed by atoms with van der Waals surface area (Å²) in [7, 11) is 3.86. The van der Waals surface area contributed by atoms with Gasteiger partial charge < -0.3 is 20.4 Å². The Morgan fingerprint density at radius 1 is 1.19 bits per heavy atom. The van der Waals surface area contributed by atoms with Crippen molar-refractivity contribution in [3.05, 3.63) is 65.6 Å². The van der Waals surface area contributed by atoms with Crippen LogP contribution in [-0.4, -0.2) is 64.4 Å². The van der Waals surface area contributed by atoms with Crippen molar-refractivity contribution < 1.29 is 0 Å². The third kappa shape index (κ3) is 3.77. The number of para-hydroxylation sites is 1. The summed E-state index contributed by atoms with van der Waals surface area (Å²) in [5.41, 5.74) is 11.1. The van der Waals surface area contributed by atoms with Gasteiger partial charge in [-0.15, -0.1) is 0 Å². The largest absolute Gasteiger partial charge is 0.374 e. The number of nitrogen functional groups attached to an aromatic ring is 1. The van der Waals surface area contributed by atoms with Crippen LogP contribution in [0.2, 0.25) is 0 Å². The van der Waals surface area contributed by atoms with Crippen molar-refractivity contribution in [2.24, 2.45) is 0 Å². The van der Waals surface area contributed by atoms with Crippen LogP contribution >= 0.6 is 0 Å².